The van der Waals surface area contributed by atoms with Gasteiger partial charge in [-0.3, -0.25) is 0 Å². The highest BCUT2D eigenvalue weighted by Gasteiger charge is 2.20. The minimum Gasteiger partial charge on any atom is -0.0622 e. The van der Waals surface area contributed by atoms with Crippen LogP contribution in [-0.2, 0) is 0 Å². The molecule has 0 N–H and O–H groups in total. The van der Waals surface area contributed by atoms with E-state index >= 15 is 0 Å². The Labute approximate surface area is 219 Å². The van der Waals surface area contributed by atoms with Crippen molar-refractivity contribution < 1.29 is 0 Å². The monoisotopic (exact) mass is 471 g/mol. The molecule has 0 saturated heterocycles. The molecule has 6 rings (SSSR count). The van der Waals surface area contributed by atoms with E-state index in [1.165, 1.54) is 56.0 Å². The quantitative estimate of drug-likeness (QED) is 0.212. The molecule has 0 bridgehead atoms. The normalized spacial score (nSPS) is 10.9. The summed E-state index contributed by atoms with van der Waals surface area (Å²) in [6, 6.07) is 58.5. The van der Waals surface area contributed by atoms with Crippen LogP contribution in [0.5, 0.6) is 0 Å². The minimum atomic E-state index is 1.21. The zero-order chi connectivity index (χ0) is 24.9. The molecule has 0 unspecified atom stereocenters. The molecular formula is C37H27. The Morgan fingerprint density at radius 1 is 0.243 bits per heavy atom. The van der Waals surface area contributed by atoms with Gasteiger partial charge in [-0.25, -0.2) is 0 Å². The summed E-state index contributed by atoms with van der Waals surface area (Å²) in [6.07, 6.45) is 0. The van der Waals surface area contributed by atoms with Crippen molar-refractivity contribution in [3.63, 3.8) is 0 Å². The molecule has 0 saturated carbocycles. The van der Waals surface area contributed by atoms with E-state index in [-0.39, 0.29) is 0 Å². The standard InChI is InChI=1S/C37H27/c1-4-13-28(14-5-1)31-19-10-22-34(25-31)37(35-23-11-20-32(26-35)29-15-6-2-7-16-29)36-24-12-21-33(27-36)30-17-8-3-9-18-30/h1-27H. The maximum Gasteiger partial charge on any atom is 0.0629 e. The second-order valence-corrected chi connectivity index (χ2v) is 9.22. The Hall–Kier alpha value is -4.68. The van der Waals surface area contributed by atoms with Gasteiger partial charge in [0.25, 0.3) is 0 Å². The lowest BCUT2D eigenvalue weighted by Gasteiger charge is -2.21. The number of hydrogen-bond acceptors (Lipinski definition) is 0. The van der Waals surface area contributed by atoms with Gasteiger partial charge in [0.15, 0.2) is 0 Å². The maximum atomic E-state index is 2.31. The lowest BCUT2D eigenvalue weighted by molar-refractivity contribution is 1.23. The zero-order valence-corrected chi connectivity index (χ0v) is 20.6. The van der Waals surface area contributed by atoms with Crippen molar-refractivity contribution in [2.24, 2.45) is 0 Å². The van der Waals surface area contributed by atoms with Gasteiger partial charge in [-0.1, -0.05) is 146 Å². The second-order valence-electron chi connectivity index (χ2n) is 9.22. The first-order valence-electron chi connectivity index (χ1n) is 12.7. The molecule has 0 aliphatic heterocycles. The van der Waals surface area contributed by atoms with Crippen LogP contribution in [0.1, 0.15) is 16.7 Å². The van der Waals surface area contributed by atoms with Crippen LogP contribution >= 0.6 is 0 Å². The first kappa shape index (κ1) is 22.8. The topological polar surface area (TPSA) is 0 Å². The first-order valence-corrected chi connectivity index (χ1v) is 12.7. The first-order chi connectivity index (χ1) is 18.3. The van der Waals surface area contributed by atoms with E-state index in [9.17, 15) is 0 Å². The zero-order valence-electron chi connectivity index (χ0n) is 20.6. The SMILES string of the molecule is c1ccc(-c2cccc([C](c3cccc(-c4ccccc4)c3)c3cccc(-c4ccccc4)c3)c2)cc1. The van der Waals surface area contributed by atoms with E-state index in [0.29, 0.717) is 0 Å². The average molecular weight is 472 g/mol. The molecule has 0 heteroatoms. The maximum absolute atomic E-state index is 2.31. The second kappa shape index (κ2) is 10.5. The van der Waals surface area contributed by atoms with E-state index in [0.717, 1.165) is 0 Å². The van der Waals surface area contributed by atoms with Crippen LogP contribution in [0.25, 0.3) is 33.4 Å². The molecule has 0 amide bonds. The van der Waals surface area contributed by atoms with Gasteiger partial charge in [-0.15, -0.1) is 0 Å². The fourth-order valence-corrected chi connectivity index (χ4v) is 4.95. The van der Waals surface area contributed by atoms with Crippen molar-refractivity contribution in [3.8, 4) is 33.4 Å². The van der Waals surface area contributed by atoms with Gasteiger partial charge in [0.05, 0.1) is 5.92 Å². The summed E-state index contributed by atoms with van der Waals surface area (Å²) >= 11 is 0. The molecule has 0 spiro atoms. The summed E-state index contributed by atoms with van der Waals surface area (Å²) in [6.45, 7) is 0. The van der Waals surface area contributed by atoms with E-state index in [4.69, 9.17) is 0 Å². The van der Waals surface area contributed by atoms with Gasteiger partial charge >= 0.3 is 0 Å². The van der Waals surface area contributed by atoms with Crippen LogP contribution in [0.3, 0.4) is 0 Å². The largest absolute Gasteiger partial charge is 0.0629 e. The third kappa shape index (κ3) is 5.01. The third-order valence-electron chi connectivity index (χ3n) is 6.78. The van der Waals surface area contributed by atoms with Gasteiger partial charge in [0.1, 0.15) is 0 Å². The van der Waals surface area contributed by atoms with Crippen molar-refractivity contribution in [2.75, 3.05) is 0 Å². The van der Waals surface area contributed by atoms with E-state index < -0.39 is 0 Å². The van der Waals surface area contributed by atoms with Crippen LogP contribution in [0.2, 0.25) is 0 Å². The molecule has 0 fully saturated rings. The van der Waals surface area contributed by atoms with Gasteiger partial charge in [0, 0.05) is 0 Å². The smallest absolute Gasteiger partial charge is 0.0622 e. The summed E-state index contributed by atoms with van der Waals surface area (Å²) in [5, 5.41) is 0. The summed E-state index contributed by atoms with van der Waals surface area (Å²) in [5.41, 5.74) is 10.9. The fourth-order valence-electron chi connectivity index (χ4n) is 4.95. The average Bonchev–Trinajstić information content (AvgIpc) is 2.99. The highest BCUT2D eigenvalue weighted by Crippen LogP contribution is 2.36. The Morgan fingerprint density at radius 2 is 0.514 bits per heavy atom. The van der Waals surface area contributed by atoms with Crippen molar-refractivity contribution in [3.05, 3.63) is 186 Å². The van der Waals surface area contributed by atoms with Crippen molar-refractivity contribution >= 4 is 0 Å². The van der Waals surface area contributed by atoms with Crippen LogP contribution in [-0.4, -0.2) is 0 Å². The lowest BCUT2D eigenvalue weighted by Crippen LogP contribution is -2.05. The molecule has 37 heavy (non-hydrogen) atoms. The van der Waals surface area contributed by atoms with Crippen molar-refractivity contribution in [2.45, 2.75) is 0 Å². The predicted octanol–water partition coefficient (Wildman–Crippen LogP) is 9.71. The van der Waals surface area contributed by atoms with E-state index in [1.54, 1.807) is 0 Å². The van der Waals surface area contributed by atoms with Crippen LogP contribution < -0.4 is 0 Å². The summed E-state index contributed by atoms with van der Waals surface area (Å²) in [5.74, 6) is 1.23. The van der Waals surface area contributed by atoms with E-state index in [2.05, 4.69) is 164 Å². The third-order valence-corrected chi connectivity index (χ3v) is 6.78. The van der Waals surface area contributed by atoms with Gasteiger partial charge in [0.2, 0.25) is 0 Å². The molecule has 0 aliphatic rings. The fraction of sp³-hybridized carbons (Fsp3) is 0. The van der Waals surface area contributed by atoms with Crippen molar-refractivity contribution in [1.29, 1.82) is 0 Å². The Bertz CT molecular complexity index is 1400. The highest BCUT2D eigenvalue weighted by molar-refractivity contribution is 5.73. The number of benzene rings is 6. The number of hydrogen-bond donors (Lipinski definition) is 0. The Morgan fingerprint density at radius 3 is 0.811 bits per heavy atom. The summed E-state index contributed by atoms with van der Waals surface area (Å²) in [7, 11) is 0. The predicted molar refractivity (Wildman–Crippen MR) is 156 cm³/mol. The Kier molecular flexibility index (Phi) is 6.47. The Balaban J connectivity index is 1.51. The molecule has 175 valence electrons. The molecule has 0 atom stereocenters. The summed E-state index contributed by atoms with van der Waals surface area (Å²) < 4.78 is 0. The molecule has 0 aliphatic carbocycles. The summed E-state index contributed by atoms with van der Waals surface area (Å²) in [4.78, 5) is 0. The highest BCUT2D eigenvalue weighted by atomic mass is 14.2. The molecule has 6 aromatic carbocycles. The van der Waals surface area contributed by atoms with Crippen molar-refractivity contribution in [1.82, 2.24) is 0 Å². The molecule has 0 aromatic heterocycles. The van der Waals surface area contributed by atoms with Gasteiger partial charge < -0.3 is 0 Å². The number of rotatable bonds is 6. The molecule has 0 heterocycles. The van der Waals surface area contributed by atoms with Crippen LogP contribution in [0.4, 0.5) is 0 Å². The molecule has 1 radical (unpaired) electrons. The van der Waals surface area contributed by atoms with Gasteiger partial charge in [-0.05, 0) is 68.3 Å². The van der Waals surface area contributed by atoms with Crippen LogP contribution in [0, 0.1) is 5.92 Å². The molecule has 0 nitrogen and oxygen atoms in total. The minimum absolute atomic E-state index is 1.21. The van der Waals surface area contributed by atoms with Crippen LogP contribution in [0.15, 0.2) is 164 Å². The van der Waals surface area contributed by atoms with E-state index in [1.807, 2.05) is 0 Å². The molecular weight excluding hydrogens is 444 g/mol. The van der Waals surface area contributed by atoms with Gasteiger partial charge in [-0.2, -0.15) is 0 Å². The molecule has 6 aromatic rings. The lowest BCUT2D eigenvalue weighted by atomic mass is 9.82.